The number of amides is 1. The van der Waals surface area contributed by atoms with Crippen molar-refractivity contribution in [2.75, 3.05) is 30.8 Å². The lowest BCUT2D eigenvalue weighted by Crippen LogP contribution is -2.54. The average molecular weight is 607 g/mol. The summed E-state index contributed by atoms with van der Waals surface area (Å²) < 4.78 is 57.7. The Labute approximate surface area is 246 Å². The van der Waals surface area contributed by atoms with Crippen LogP contribution in [0.3, 0.4) is 0 Å². The van der Waals surface area contributed by atoms with Gasteiger partial charge in [0, 0.05) is 49.6 Å². The van der Waals surface area contributed by atoms with Crippen molar-refractivity contribution >= 4 is 32.6 Å². The number of sulfone groups is 1. The van der Waals surface area contributed by atoms with E-state index >= 15 is 4.39 Å². The molecule has 3 aromatic heterocycles. The molecule has 1 saturated carbocycles. The van der Waals surface area contributed by atoms with Crippen LogP contribution in [0.1, 0.15) is 31.4 Å². The molecule has 1 aromatic carbocycles. The Bertz CT molecular complexity index is 1980. The number of benzene rings is 1. The molecule has 0 spiro atoms. The van der Waals surface area contributed by atoms with Gasteiger partial charge >= 0.3 is 5.69 Å². The number of piperazine rings is 1. The summed E-state index contributed by atoms with van der Waals surface area (Å²) in [5.74, 6) is -1.76. The number of carbonyl (C=O) groups is 1. The molecule has 1 amide bonds. The van der Waals surface area contributed by atoms with Crippen molar-refractivity contribution < 1.29 is 22.0 Å². The summed E-state index contributed by atoms with van der Waals surface area (Å²) in [4.78, 5) is 42.8. The lowest BCUT2D eigenvalue weighted by atomic mass is 10.1. The summed E-state index contributed by atoms with van der Waals surface area (Å²) >= 11 is 0. The Morgan fingerprint density at radius 2 is 1.84 bits per heavy atom. The number of hydrogen-bond donors (Lipinski definition) is 0. The number of halogens is 2. The summed E-state index contributed by atoms with van der Waals surface area (Å²) in [6.45, 7) is 6.26. The van der Waals surface area contributed by atoms with Crippen molar-refractivity contribution in [3.63, 3.8) is 0 Å². The summed E-state index contributed by atoms with van der Waals surface area (Å²) in [5.41, 5.74) is -1.01. The first-order valence-corrected chi connectivity index (χ1v) is 15.6. The SMILES string of the molecule is C=CC(=O)N1CCN(c2nc(=O)n(-c3c(S(C)(=O)=O)ccnc3C3CC3)c3nc(-c4ccccc4F)c(F)cc23)[C@@H](C)C1. The molecule has 6 rings (SSSR count). The molecule has 1 aliphatic carbocycles. The summed E-state index contributed by atoms with van der Waals surface area (Å²) in [6, 6.07) is 7.66. The van der Waals surface area contributed by atoms with Crippen LogP contribution >= 0.6 is 0 Å². The number of aromatic nitrogens is 4. The molecule has 0 N–H and O–H groups in total. The normalized spacial score (nSPS) is 17.3. The van der Waals surface area contributed by atoms with Crippen LogP contribution in [0.5, 0.6) is 0 Å². The van der Waals surface area contributed by atoms with Crippen molar-refractivity contribution in [3.8, 4) is 16.9 Å². The van der Waals surface area contributed by atoms with E-state index in [0.29, 0.717) is 18.8 Å². The fourth-order valence-corrected chi connectivity index (χ4v) is 6.46. The van der Waals surface area contributed by atoms with Gasteiger partial charge in [0.05, 0.1) is 21.7 Å². The van der Waals surface area contributed by atoms with Gasteiger partial charge in [0.2, 0.25) is 5.91 Å². The summed E-state index contributed by atoms with van der Waals surface area (Å²) in [5, 5.41) is 0.123. The van der Waals surface area contributed by atoms with E-state index in [2.05, 4.69) is 21.5 Å². The van der Waals surface area contributed by atoms with Gasteiger partial charge in [-0.1, -0.05) is 18.7 Å². The number of carbonyl (C=O) groups excluding carboxylic acids is 1. The predicted molar refractivity (Wildman–Crippen MR) is 157 cm³/mol. The molecule has 2 aliphatic rings. The zero-order valence-corrected chi connectivity index (χ0v) is 24.3. The van der Waals surface area contributed by atoms with E-state index in [1.54, 1.807) is 9.80 Å². The standard InChI is InChI=1S/C30H28F2N6O4S/c1-4-24(39)36-13-14-37(17(2)16-36)28-20-15-22(32)26(19-7-5-6-8-21(19)31)34-29(20)38(30(40)35-28)27-23(43(3,41)42)11-12-33-25(27)18-9-10-18/h4-8,11-12,15,17-18H,1,9-10,13-14,16H2,2-3H3/t17-/m0/s1. The average Bonchev–Trinajstić information content (AvgIpc) is 3.82. The van der Waals surface area contributed by atoms with Crippen molar-refractivity contribution in [1.82, 2.24) is 24.4 Å². The molecule has 1 aliphatic heterocycles. The van der Waals surface area contributed by atoms with Gasteiger partial charge < -0.3 is 9.80 Å². The second-order valence-corrected chi connectivity index (χ2v) is 12.8. The van der Waals surface area contributed by atoms with E-state index in [1.165, 1.54) is 42.6 Å². The molecule has 2 fully saturated rings. The second kappa shape index (κ2) is 10.6. The van der Waals surface area contributed by atoms with E-state index in [4.69, 9.17) is 0 Å². The molecule has 0 unspecified atom stereocenters. The van der Waals surface area contributed by atoms with Gasteiger partial charge in [-0.05, 0) is 50.1 Å². The van der Waals surface area contributed by atoms with Gasteiger partial charge in [0.15, 0.2) is 15.5 Å². The molecule has 10 nitrogen and oxygen atoms in total. The highest BCUT2D eigenvalue weighted by Crippen LogP contribution is 2.43. The van der Waals surface area contributed by atoms with Crippen molar-refractivity contribution in [2.24, 2.45) is 0 Å². The number of pyridine rings is 2. The molecular weight excluding hydrogens is 578 g/mol. The molecule has 4 heterocycles. The van der Waals surface area contributed by atoms with E-state index in [1.807, 2.05) is 6.92 Å². The van der Waals surface area contributed by atoms with Crippen LogP contribution < -0.4 is 10.6 Å². The molecular formula is C30H28F2N6O4S. The highest BCUT2D eigenvalue weighted by molar-refractivity contribution is 7.90. The van der Waals surface area contributed by atoms with Crippen LogP contribution in [0.25, 0.3) is 28.0 Å². The molecule has 1 saturated heterocycles. The molecule has 0 bridgehead atoms. The molecule has 43 heavy (non-hydrogen) atoms. The van der Waals surface area contributed by atoms with E-state index in [-0.39, 0.29) is 63.1 Å². The van der Waals surface area contributed by atoms with Crippen LogP contribution in [-0.4, -0.2) is 70.7 Å². The van der Waals surface area contributed by atoms with Gasteiger partial charge in [-0.25, -0.2) is 31.5 Å². The minimum Gasteiger partial charge on any atom is -0.350 e. The maximum Gasteiger partial charge on any atom is 0.355 e. The third-order valence-corrected chi connectivity index (χ3v) is 8.95. The van der Waals surface area contributed by atoms with E-state index in [9.17, 15) is 22.4 Å². The van der Waals surface area contributed by atoms with Gasteiger partial charge in [-0.2, -0.15) is 4.98 Å². The minimum absolute atomic E-state index is 0.00888. The number of hydrogen-bond acceptors (Lipinski definition) is 8. The van der Waals surface area contributed by atoms with Crippen molar-refractivity contribution in [2.45, 2.75) is 36.6 Å². The maximum atomic E-state index is 15.8. The zero-order valence-electron chi connectivity index (χ0n) is 23.5. The number of nitrogens with zero attached hydrogens (tertiary/aromatic N) is 6. The molecule has 13 heteroatoms. The number of fused-ring (bicyclic) bond motifs is 1. The van der Waals surface area contributed by atoms with E-state index < -0.39 is 27.2 Å². The summed E-state index contributed by atoms with van der Waals surface area (Å²) in [7, 11) is -3.87. The summed E-state index contributed by atoms with van der Waals surface area (Å²) in [6.07, 6.45) is 5.14. The van der Waals surface area contributed by atoms with Crippen LogP contribution in [0.4, 0.5) is 14.6 Å². The van der Waals surface area contributed by atoms with Crippen LogP contribution in [0, 0.1) is 11.6 Å². The quantitative estimate of drug-likeness (QED) is 0.306. The van der Waals surface area contributed by atoms with Gasteiger partial charge in [0.25, 0.3) is 0 Å². The molecule has 222 valence electrons. The smallest absolute Gasteiger partial charge is 0.350 e. The Kier molecular flexibility index (Phi) is 7.07. The lowest BCUT2D eigenvalue weighted by Gasteiger charge is -2.40. The first kappa shape index (κ1) is 28.6. The van der Waals surface area contributed by atoms with Crippen LogP contribution in [-0.2, 0) is 14.6 Å². The van der Waals surface area contributed by atoms with Gasteiger partial charge in [0.1, 0.15) is 23.1 Å². The zero-order chi connectivity index (χ0) is 30.6. The first-order valence-electron chi connectivity index (χ1n) is 13.7. The largest absolute Gasteiger partial charge is 0.355 e. The third-order valence-electron chi connectivity index (χ3n) is 7.82. The van der Waals surface area contributed by atoms with E-state index in [0.717, 1.165) is 29.7 Å². The highest BCUT2D eigenvalue weighted by Gasteiger charge is 2.35. The Morgan fingerprint density at radius 1 is 1.09 bits per heavy atom. The van der Waals surface area contributed by atoms with Gasteiger partial charge in [-0.3, -0.25) is 9.78 Å². The first-order chi connectivity index (χ1) is 20.5. The number of rotatable bonds is 6. The Morgan fingerprint density at radius 3 is 2.49 bits per heavy atom. The Hall–Kier alpha value is -4.52. The minimum atomic E-state index is -3.87. The second-order valence-electron chi connectivity index (χ2n) is 10.8. The lowest BCUT2D eigenvalue weighted by molar-refractivity contribution is -0.126. The maximum absolute atomic E-state index is 15.8. The van der Waals surface area contributed by atoms with Crippen LogP contribution in [0.2, 0.25) is 0 Å². The van der Waals surface area contributed by atoms with Crippen molar-refractivity contribution in [3.05, 3.63) is 83.1 Å². The van der Waals surface area contributed by atoms with Gasteiger partial charge in [-0.15, -0.1) is 0 Å². The molecule has 1 atom stereocenters. The molecule has 0 radical (unpaired) electrons. The van der Waals surface area contributed by atoms with Crippen molar-refractivity contribution in [1.29, 1.82) is 0 Å². The fourth-order valence-electron chi connectivity index (χ4n) is 5.60. The van der Waals surface area contributed by atoms with Crippen LogP contribution in [0.15, 0.2) is 64.9 Å². The highest BCUT2D eigenvalue weighted by atomic mass is 32.2. The monoisotopic (exact) mass is 606 g/mol. The fraction of sp³-hybridized carbons (Fsp3) is 0.300. The predicted octanol–water partition coefficient (Wildman–Crippen LogP) is 3.62. The topological polar surface area (TPSA) is 118 Å². The number of anilines is 1. The molecule has 4 aromatic rings. The Balaban J connectivity index is 1.67. The third kappa shape index (κ3) is 5.07.